The molecule has 0 bridgehead atoms. The van der Waals surface area contributed by atoms with Gasteiger partial charge in [-0.2, -0.15) is 8.78 Å². The molecule has 1 amide bonds. The van der Waals surface area contributed by atoms with Crippen molar-refractivity contribution >= 4 is 11.9 Å². The van der Waals surface area contributed by atoms with Crippen LogP contribution in [0.25, 0.3) is 0 Å². The van der Waals surface area contributed by atoms with E-state index in [0.29, 0.717) is 12.8 Å². The van der Waals surface area contributed by atoms with Crippen molar-refractivity contribution in [3.8, 4) is 0 Å². The number of ether oxygens (including phenoxy) is 1. The van der Waals surface area contributed by atoms with Crippen molar-refractivity contribution in [2.45, 2.75) is 70.3 Å². The summed E-state index contributed by atoms with van der Waals surface area (Å²) < 4.78 is 31.8. The number of esters is 1. The van der Waals surface area contributed by atoms with Crippen LogP contribution in [-0.4, -0.2) is 30.4 Å². The largest absolute Gasteiger partial charge is 0.464 e. The van der Waals surface area contributed by atoms with Gasteiger partial charge in [0.1, 0.15) is 6.04 Å². The Balaban J connectivity index is 2.24. The molecule has 0 aromatic carbocycles. The van der Waals surface area contributed by atoms with Crippen LogP contribution in [0, 0.1) is 0 Å². The molecule has 1 atom stereocenters. The van der Waals surface area contributed by atoms with Gasteiger partial charge >= 0.3 is 11.9 Å². The van der Waals surface area contributed by atoms with Crippen LogP contribution in [0.5, 0.6) is 0 Å². The molecule has 116 valence electrons. The highest BCUT2D eigenvalue weighted by atomic mass is 19.3. The predicted molar refractivity (Wildman–Crippen MR) is 70.4 cm³/mol. The number of carbonyl (C=O) groups excluding carboxylic acids is 2. The number of nitrogens with one attached hydrogen (secondary N) is 1. The third kappa shape index (κ3) is 5.43. The second-order valence-electron chi connectivity index (χ2n) is 5.20. The van der Waals surface area contributed by atoms with Gasteiger partial charge in [-0.25, -0.2) is 4.79 Å². The van der Waals surface area contributed by atoms with Crippen LogP contribution in [0.15, 0.2) is 0 Å². The Morgan fingerprint density at radius 2 is 1.95 bits per heavy atom. The molecule has 0 aromatic heterocycles. The normalized spacial score (nSPS) is 18.9. The van der Waals surface area contributed by atoms with Gasteiger partial charge in [0.05, 0.1) is 6.61 Å². The molecule has 1 heterocycles. The first kappa shape index (κ1) is 16.9. The highest BCUT2D eigenvalue weighted by Crippen LogP contribution is 2.23. The highest BCUT2D eigenvalue weighted by molar-refractivity contribution is 5.89. The van der Waals surface area contributed by atoms with Crippen molar-refractivity contribution in [2.75, 3.05) is 6.61 Å². The molecular formula is C14H23F2NO3. The molecule has 0 saturated carbocycles. The summed E-state index contributed by atoms with van der Waals surface area (Å²) in [6.45, 7) is 2.26. The Labute approximate surface area is 118 Å². The first-order valence-corrected chi connectivity index (χ1v) is 7.33. The van der Waals surface area contributed by atoms with Gasteiger partial charge in [-0.05, 0) is 6.42 Å². The van der Waals surface area contributed by atoms with E-state index in [4.69, 9.17) is 0 Å². The summed E-state index contributed by atoms with van der Waals surface area (Å²) in [5.41, 5.74) is 0. The van der Waals surface area contributed by atoms with Crippen LogP contribution in [0.1, 0.15) is 58.3 Å². The van der Waals surface area contributed by atoms with Crippen molar-refractivity contribution < 1.29 is 23.1 Å². The average molecular weight is 291 g/mol. The number of hydrogen-bond donors (Lipinski definition) is 1. The van der Waals surface area contributed by atoms with Crippen molar-refractivity contribution in [2.24, 2.45) is 0 Å². The SMILES string of the molecule is CCCCCCCCC(F)(F)C(=O)N[C@H]1CCOC1=O. The lowest BCUT2D eigenvalue weighted by atomic mass is 10.1. The summed E-state index contributed by atoms with van der Waals surface area (Å²) in [7, 11) is 0. The smallest absolute Gasteiger partial charge is 0.328 e. The zero-order valence-electron chi connectivity index (χ0n) is 11.9. The van der Waals surface area contributed by atoms with E-state index in [1.807, 2.05) is 0 Å². The number of carbonyl (C=O) groups is 2. The van der Waals surface area contributed by atoms with Crippen molar-refractivity contribution in [3.63, 3.8) is 0 Å². The summed E-state index contributed by atoms with van der Waals surface area (Å²) in [6.07, 6.45) is 5.00. The molecule has 1 aliphatic heterocycles. The minimum Gasteiger partial charge on any atom is -0.464 e. The number of unbranched alkanes of at least 4 members (excludes halogenated alkanes) is 5. The molecule has 1 aliphatic rings. The molecule has 6 heteroatoms. The first-order chi connectivity index (χ1) is 9.47. The van der Waals surface area contributed by atoms with Crippen LogP contribution < -0.4 is 5.32 Å². The van der Waals surface area contributed by atoms with Crippen LogP contribution >= 0.6 is 0 Å². The first-order valence-electron chi connectivity index (χ1n) is 7.33. The fourth-order valence-corrected chi connectivity index (χ4v) is 2.13. The number of rotatable bonds is 9. The van der Waals surface area contributed by atoms with E-state index < -0.39 is 30.3 Å². The Morgan fingerprint density at radius 3 is 2.55 bits per heavy atom. The number of alkyl halides is 2. The molecule has 0 aliphatic carbocycles. The lowest BCUT2D eigenvalue weighted by Crippen LogP contribution is -2.46. The quantitative estimate of drug-likeness (QED) is 0.525. The molecule has 0 radical (unpaired) electrons. The lowest BCUT2D eigenvalue weighted by Gasteiger charge is -2.17. The Morgan fingerprint density at radius 1 is 1.30 bits per heavy atom. The van der Waals surface area contributed by atoms with Crippen LogP contribution in [0.3, 0.4) is 0 Å². The summed E-state index contributed by atoms with van der Waals surface area (Å²) >= 11 is 0. The van der Waals surface area contributed by atoms with Gasteiger partial charge < -0.3 is 10.1 Å². The maximum absolute atomic E-state index is 13.6. The number of cyclic esters (lactones) is 1. The fourth-order valence-electron chi connectivity index (χ4n) is 2.13. The van der Waals surface area contributed by atoms with E-state index in [1.165, 1.54) is 0 Å². The van der Waals surface area contributed by atoms with Gasteiger partial charge in [0.2, 0.25) is 0 Å². The van der Waals surface area contributed by atoms with E-state index >= 15 is 0 Å². The van der Waals surface area contributed by atoms with Gasteiger partial charge in [0.15, 0.2) is 0 Å². The van der Waals surface area contributed by atoms with Gasteiger partial charge in [0, 0.05) is 12.8 Å². The standard InChI is InChI=1S/C14H23F2NO3/c1-2-3-4-5-6-7-9-14(15,16)13(19)17-11-8-10-20-12(11)18/h11H,2-10H2,1H3,(H,17,19)/t11-/m0/s1. The fraction of sp³-hybridized carbons (Fsp3) is 0.857. The van der Waals surface area contributed by atoms with E-state index in [0.717, 1.165) is 25.7 Å². The maximum Gasteiger partial charge on any atom is 0.328 e. The van der Waals surface area contributed by atoms with E-state index in [-0.39, 0.29) is 13.0 Å². The molecule has 4 nitrogen and oxygen atoms in total. The van der Waals surface area contributed by atoms with E-state index in [2.05, 4.69) is 17.0 Å². The minimum absolute atomic E-state index is 0.173. The number of hydrogen-bond acceptors (Lipinski definition) is 3. The van der Waals surface area contributed by atoms with Crippen molar-refractivity contribution in [1.29, 1.82) is 0 Å². The van der Waals surface area contributed by atoms with Gasteiger partial charge in [-0.15, -0.1) is 0 Å². The topological polar surface area (TPSA) is 55.4 Å². The van der Waals surface area contributed by atoms with Crippen LogP contribution in [-0.2, 0) is 14.3 Å². The summed E-state index contributed by atoms with van der Waals surface area (Å²) in [6, 6.07) is -0.919. The third-order valence-corrected chi connectivity index (χ3v) is 3.42. The highest BCUT2D eigenvalue weighted by Gasteiger charge is 2.41. The van der Waals surface area contributed by atoms with Crippen LogP contribution in [0.2, 0.25) is 0 Å². The molecule has 1 N–H and O–H groups in total. The van der Waals surface area contributed by atoms with Crippen LogP contribution in [0.4, 0.5) is 8.78 Å². The van der Waals surface area contributed by atoms with Gasteiger partial charge in [-0.1, -0.05) is 39.0 Å². The second-order valence-corrected chi connectivity index (χ2v) is 5.20. The van der Waals surface area contributed by atoms with Gasteiger partial charge in [0.25, 0.3) is 5.91 Å². The van der Waals surface area contributed by atoms with Gasteiger partial charge in [-0.3, -0.25) is 4.79 Å². The lowest BCUT2D eigenvalue weighted by molar-refractivity contribution is -0.150. The average Bonchev–Trinajstić information content (AvgIpc) is 2.79. The summed E-state index contributed by atoms with van der Waals surface area (Å²) in [5, 5.41) is 2.07. The molecule has 0 spiro atoms. The molecule has 1 rings (SSSR count). The number of amides is 1. The zero-order valence-corrected chi connectivity index (χ0v) is 11.9. The predicted octanol–water partition coefficient (Wildman–Crippen LogP) is 2.80. The molecular weight excluding hydrogens is 268 g/mol. The van der Waals surface area contributed by atoms with E-state index in [1.54, 1.807) is 0 Å². The second kappa shape index (κ2) is 8.17. The molecule has 0 unspecified atom stereocenters. The monoisotopic (exact) mass is 291 g/mol. The Kier molecular flexibility index (Phi) is 6.88. The third-order valence-electron chi connectivity index (χ3n) is 3.42. The molecule has 1 saturated heterocycles. The molecule has 1 fully saturated rings. The van der Waals surface area contributed by atoms with Crippen molar-refractivity contribution in [3.05, 3.63) is 0 Å². The summed E-state index contributed by atoms with van der Waals surface area (Å²) in [5.74, 6) is -5.41. The zero-order chi connectivity index (χ0) is 15.0. The minimum atomic E-state index is -3.41. The maximum atomic E-state index is 13.6. The Bertz CT molecular complexity index is 334. The summed E-state index contributed by atoms with van der Waals surface area (Å²) in [4.78, 5) is 22.6. The molecule has 20 heavy (non-hydrogen) atoms. The number of halogens is 2. The van der Waals surface area contributed by atoms with E-state index in [9.17, 15) is 18.4 Å². The molecule has 0 aromatic rings. The van der Waals surface area contributed by atoms with Crippen molar-refractivity contribution in [1.82, 2.24) is 5.32 Å². The Hall–Kier alpha value is -1.20.